The second kappa shape index (κ2) is 6.37. The minimum absolute atomic E-state index is 0.170. The average molecular weight is 288 g/mol. The van der Waals surface area contributed by atoms with Crippen LogP contribution in [0.1, 0.15) is 35.3 Å². The fraction of sp³-hybridized carbons (Fsp3) is 0.286. The van der Waals surface area contributed by atoms with Crippen molar-refractivity contribution in [3.63, 3.8) is 0 Å². The van der Waals surface area contributed by atoms with E-state index in [2.05, 4.69) is 22.1 Å². The van der Waals surface area contributed by atoms with E-state index in [9.17, 15) is 4.79 Å². The van der Waals surface area contributed by atoms with Gasteiger partial charge in [-0.2, -0.15) is 0 Å². The van der Waals surface area contributed by atoms with E-state index in [0.717, 1.165) is 4.88 Å². The van der Waals surface area contributed by atoms with Gasteiger partial charge < -0.3 is 10.3 Å². The zero-order chi connectivity index (χ0) is 14.5. The van der Waals surface area contributed by atoms with Crippen molar-refractivity contribution in [2.75, 3.05) is 11.9 Å². The van der Waals surface area contributed by atoms with Crippen LogP contribution in [0.25, 0.3) is 0 Å². The molecule has 0 aromatic carbocycles. The van der Waals surface area contributed by atoms with Crippen LogP contribution in [0.2, 0.25) is 0 Å². The summed E-state index contributed by atoms with van der Waals surface area (Å²) in [5.41, 5.74) is 5.93. The van der Waals surface area contributed by atoms with E-state index < -0.39 is 0 Å². The highest BCUT2D eigenvalue weighted by Crippen LogP contribution is 2.19. The summed E-state index contributed by atoms with van der Waals surface area (Å²) in [6.45, 7) is 4.36. The number of rotatable bonds is 3. The van der Waals surface area contributed by atoms with Crippen LogP contribution in [0.5, 0.6) is 0 Å². The predicted octanol–water partition coefficient (Wildman–Crippen LogP) is 2.09. The Morgan fingerprint density at radius 3 is 3.10 bits per heavy atom. The number of nitrogens with two attached hydrogens (primary N) is 1. The van der Waals surface area contributed by atoms with Crippen molar-refractivity contribution in [1.29, 1.82) is 0 Å². The molecule has 5 nitrogen and oxygen atoms in total. The van der Waals surface area contributed by atoms with Gasteiger partial charge in [-0.25, -0.2) is 4.98 Å². The molecule has 20 heavy (non-hydrogen) atoms. The fourth-order valence-corrected chi connectivity index (χ4v) is 2.41. The van der Waals surface area contributed by atoms with Crippen LogP contribution in [-0.2, 0) is 0 Å². The summed E-state index contributed by atoms with van der Waals surface area (Å²) in [5.74, 6) is 5.47. The Bertz CT molecular complexity index is 660. The largest absolute Gasteiger partial charge is 0.341 e. The standard InChI is InChI=1S/C14H16N4OS/c1-10(2)18-8-4-6-12(18)13(19)17-14-16-9-11(20-14)5-3-7-15/h4,6,8-10H,7,15H2,1-2H3,(H,16,17,19). The number of hydrogen-bond donors (Lipinski definition) is 2. The molecule has 6 heteroatoms. The Labute approximate surface area is 121 Å². The minimum Gasteiger partial charge on any atom is -0.341 e. The summed E-state index contributed by atoms with van der Waals surface area (Å²) in [4.78, 5) is 17.1. The normalized spacial score (nSPS) is 10.2. The molecule has 0 saturated heterocycles. The first kappa shape index (κ1) is 14.3. The number of nitrogens with one attached hydrogen (secondary N) is 1. The zero-order valence-corrected chi connectivity index (χ0v) is 12.2. The van der Waals surface area contributed by atoms with Crippen LogP contribution in [0.4, 0.5) is 5.13 Å². The van der Waals surface area contributed by atoms with Crippen LogP contribution >= 0.6 is 11.3 Å². The van der Waals surface area contributed by atoms with Gasteiger partial charge in [0.15, 0.2) is 5.13 Å². The van der Waals surface area contributed by atoms with Crippen molar-refractivity contribution >= 4 is 22.4 Å². The van der Waals surface area contributed by atoms with Crippen LogP contribution in [-0.4, -0.2) is 22.0 Å². The van der Waals surface area contributed by atoms with Crippen LogP contribution in [0.15, 0.2) is 24.5 Å². The van der Waals surface area contributed by atoms with E-state index in [4.69, 9.17) is 5.73 Å². The Kier molecular flexibility index (Phi) is 4.56. The predicted molar refractivity (Wildman–Crippen MR) is 80.8 cm³/mol. The lowest BCUT2D eigenvalue weighted by atomic mass is 10.3. The van der Waals surface area contributed by atoms with Crippen molar-refractivity contribution in [2.24, 2.45) is 5.73 Å². The van der Waals surface area contributed by atoms with Gasteiger partial charge >= 0.3 is 0 Å². The maximum atomic E-state index is 12.2. The number of anilines is 1. The van der Waals surface area contributed by atoms with E-state index in [-0.39, 0.29) is 11.9 Å². The molecule has 2 aromatic heterocycles. The summed E-state index contributed by atoms with van der Waals surface area (Å²) in [6, 6.07) is 3.88. The monoisotopic (exact) mass is 288 g/mol. The number of thiazole rings is 1. The summed E-state index contributed by atoms with van der Waals surface area (Å²) in [5, 5.41) is 3.32. The molecule has 0 radical (unpaired) electrons. The number of hydrogen-bond acceptors (Lipinski definition) is 4. The third-order valence-electron chi connectivity index (χ3n) is 2.61. The van der Waals surface area contributed by atoms with Crippen molar-refractivity contribution in [2.45, 2.75) is 19.9 Å². The first-order valence-corrected chi connectivity index (χ1v) is 7.06. The molecule has 0 atom stereocenters. The second-order valence-electron chi connectivity index (χ2n) is 4.38. The molecule has 0 spiro atoms. The lowest BCUT2D eigenvalue weighted by molar-refractivity contribution is 0.101. The summed E-state index contributed by atoms with van der Waals surface area (Å²) >= 11 is 1.33. The Hall–Kier alpha value is -2.10. The van der Waals surface area contributed by atoms with Crippen LogP contribution in [0, 0.1) is 11.8 Å². The van der Waals surface area contributed by atoms with Gasteiger partial charge in [0.25, 0.3) is 5.91 Å². The highest BCUT2D eigenvalue weighted by molar-refractivity contribution is 7.16. The molecule has 0 aliphatic carbocycles. The molecule has 0 bridgehead atoms. The SMILES string of the molecule is CC(C)n1cccc1C(=O)Nc1ncc(C#CCN)s1. The van der Waals surface area contributed by atoms with Gasteiger partial charge in [0, 0.05) is 12.2 Å². The highest BCUT2D eigenvalue weighted by Gasteiger charge is 2.14. The van der Waals surface area contributed by atoms with Gasteiger partial charge in [0.1, 0.15) is 5.69 Å². The third-order valence-corrected chi connectivity index (χ3v) is 3.44. The topological polar surface area (TPSA) is 72.9 Å². The molecule has 2 rings (SSSR count). The van der Waals surface area contributed by atoms with Crippen molar-refractivity contribution in [3.05, 3.63) is 35.1 Å². The van der Waals surface area contributed by atoms with Gasteiger partial charge in [0.2, 0.25) is 0 Å². The Balaban J connectivity index is 2.11. The number of nitrogens with zero attached hydrogens (tertiary/aromatic N) is 2. The molecular weight excluding hydrogens is 272 g/mol. The number of amides is 1. The van der Waals surface area contributed by atoms with Gasteiger partial charge in [-0.3, -0.25) is 10.1 Å². The molecule has 0 saturated carbocycles. The summed E-state index contributed by atoms with van der Waals surface area (Å²) in [6.07, 6.45) is 3.52. The first-order valence-electron chi connectivity index (χ1n) is 6.24. The number of carbonyl (C=O) groups excluding carboxylic acids is 1. The van der Waals surface area contributed by atoms with Crippen molar-refractivity contribution in [3.8, 4) is 11.8 Å². The number of carbonyl (C=O) groups is 1. The fourth-order valence-electron chi connectivity index (χ4n) is 1.73. The van der Waals surface area contributed by atoms with Gasteiger partial charge in [-0.15, -0.1) is 0 Å². The number of aromatic nitrogens is 2. The smallest absolute Gasteiger partial charge is 0.274 e. The molecular formula is C14H16N4OS. The molecule has 0 aliphatic rings. The molecule has 0 aliphatic heterocycles. The van der Waals surface area contributed by atoms with Crippen LogP contribution < -0.4 is 11.1 Å². The molecule has 0 unspecified atom stereocenters. The molecule has 3 N–H and O–H groups in total. The zero-order valence-electron chi connectivity index (χ0n) is 11.4. The Morgan fingerprint density at radius 1 is 1.60 bits per heavy atom. The molecule has 104 valence electrons. The van der Waals surface area contributed by atoms with Gasteiger partial charge in [-0.1, -0.05) is 23.2 Å². The molecule has 2 heterocycles. The quantitative estimate of drug-likeness (QED) is 0.849. The van der Waals surface area contributed by atoms with Crippen molar-refractivity contribution in [1.82, 2.24) is 9.55 Å². The van der Waals surface area contributed by atoms with E-state index in [1.165, 1.54) is 11.3 Å². The second-order valence-corrected chi connectivity index (χ2v) is 5.41. The van der Waals surface area contributed by atoms with Crippen LogP contribution in [0.3, 0.4) is 0 Å². The van der Waals surface area contributed by atoms with E-state index in [0.29, 0.717) is 17.4 Å². The third kappa shape index (κ3) is 3.26. The highest BCUT2D eigenvalue weighted by atomic mass is 32.1. The maximum Gasteiger partial charge on any atom is 0.274 e. The minimum atomic E-state index is -0.170. The lowest BCUT2D eigenvalue weighted by Crippen LogP contribution is -2.17. The van der Waals surface area contributed by atoms with E-state index >= 15 is 0 Å². The van der Waals surface area contributed by atoms with E-state index in [1.807, 2.05) is 30.7 Å². The van der Waals surface area contributed by atoms with E-state index in [1.54, 1.807) is 12.3 Å². The maximum absolute atomic E-state index is 12.2. The first-order chi connectivity index (χ1) is 9.61. The summed E-state index contributed by atoms with van der Waals surface area (Å²) in [7, 11) is 0. The summed E-state index contributed by atoms with van der Waals surface area (Å²) < 4.78 is 1.91. The molecule has 2 aromatic rings. The molecule has 1 amide bonds. The van der Waals surface area contributed by atoms with Gasteiger partial charge in [0.05, 0.1) is 17.6 Å². The van der Waals surface area contributed by atoms with Crippen molar-refractivity contribution < 1.29 is 4.79 Å². The molecule has 0 fully saturated rings. The van der Waals surface area contributed by atoms with Gasteiger partial charge in [-0.05, 0) is 26.0 Å². The average Bonchev–Trinajstić information content (AvgIpc) is 3.04. The lowest BCUT2D eigenvalue weighted by Gasteiger charge is -2.11. The Morgan fingerprint density at radius 2 is 2.40 bits per heavy atom.